The maximum absolute atomic E-state index is 12.8. The summed E-state index contributed by atoms with van der Waals surface area (Å²) >= 11 is 5.69. The number of rotatable bonds is 4. The second kappa shape index (κ2) is 10.4. The molecule has 2 heterocycles. The van der Waals surface area contributed by atoms with Gasteiger partial charge in [-0.15, -0.1) is 0 Å². The van der Waals surface area contributed by atoms with Crippen molar-refractivity contribution in [3.8, 4) is 0 Å². The molecule has 2 aromatic rings. The summed E-state index contributed by atoms with van der Waals surface area (Å²) in [6.45, 7) is 11.5. The highest BCUT2D eigenvalue weighted by Crippen LogP contribution is 2.40. The number of anilines is 1. The lowest BCUT2D eigenvalue weighted by Gasteiger charge is -2.40. The van der Waals surface area contributed by atoms with Crippen LogP contribution in [-0.2, 0) is 4.79 Å². The molecule has 0 aliphatic carbocycles. The van der Waals surface area contributed by atoms with Gasteiger partial charge in [-0.25, -0.2) is 0 Å². The maximum Gasteiger partial charge on any atom is 0.251 e. The molecular weight excluding hydrogens is 456 g/mol. The zero-order chi connectivity index (χ0) is 25.2. The second-order valence-electron chi connectivity index (χ2n) is 10.3. The Morgan fingerprint density at radius 3 is 2.14 bits per heavy atom. The predicted molar refractivity (Wildman–Crippen MR) is 145 cm³/mol. The quantitative estimate of drug-likeness (QED) is 0.621. The van der Waals surface area contributed by atoms with Crippen LogP contribution >= 0.6 is 12.2 Å². The number of aryl methyl sites for hydroxylation is 4. The normalized spacial score (nSPS) is 16.9. The number of hydrogen-bond acceptors (Lipinski definition) is 3. The van der Waals surface area contributed by atoms with Crippen LogP contribution in [0.25, 0.3) is 0 Å². The van der Waals surface area contributed by atoms with E-state index in [0.29, 0.717) is 5.56 Å². The average molecular weight is 493 g/mol. The molecule has 2 saturated heterocycles. The fraction of sp³-hybridized carbons (Fsp3) is 0.464. The smallest absolute Gasteiger partial charge is 0.251 e. The van der Waals surface area contributed by atoms with Crippen LogP contribution in [0, 0.1) is 33.1 Å². The number of amides is 2. The highest BCUT2D eigenvalue weighted by atomic mass is 32.1. The van der Waals surface area contributed by atoms with Crippen LogP contribution in [0.15, 0.2) is 36.4 Å². The van der Waals surface area contributed by atoms with Gasteiger partial charge in [0.1, 0.15) is 0 Å². The zero-order valence-corrected chi connectivity index (χ0v) is 22.1. The number of nitrogens with zero attached hydrogens (tertiary/aromatic N) is 2. The Morgan fingerprint density at radius 2 is 1.51 bits per heavy atom. The summed E-state index contributed by atoms with van der Waals surface area (Å²) in [7, 11) is 0. The minimum Gasteiger partial charge on any atom is -0.349 e. The molecule has 0 saturated carbocycles. The van der Waals surface area contributed by atoms with Gasteiger partial charge in [-0.3, -0.25) is 9.59 Å². The average Bonchev–Trinajstić information content (AvgIpc) is 3.22. The third kappa shape index (κ3) is 6.01. The molecule has 0 bridgehead atoms. The first kappa shape index (κ1) is 25.2. The standard InChI is InChI=1S/C28H36N4O2S/c1-19-13-20(2)15-24(14-19)30-27(35)31-10-7-28(8-11-31)9-12-32(18-28)25(33)17-29-26(34)23-6-5-21(3)22(4)16-23/h5-6,13-16H,7-12,17-18H2,1-4H3,(H,29,34)(H,30,35). The second-order valence-corrected chi connectivity index (χ2v) is 10.7. The zero-order valence-electron chi connectivity index (χ0n) is 21.2. The van der Waals surface area contributed by atoms with Crippen molar-refractivity contribution in [3.05, 3.63) is 64.2 Å². The third-order valence-corrected chi connectivity index (χ3v) is 7.90. The van der Waals surface area contributed by atoms with Crippen LogP contribution in [0.4, 0.5) is 5.69 Å². The van der Waals surface area contributed by atoms with Gasteiger partial charge in [-0.05, 0) is 111 Å². The molecule has 2 fully saturated rings. The molecule has 6 nitrogen and oxygen atoms in total. The highest BCUT2D eigenvalue weighted by Gasteiger charge is 2.42. The number of piperidine rings is 1. The van der Waals surface area contributed by atoms with Gasteiger partial charge in [-0.1, -0.05) is 12.1 Å². The van der Waals surface area contributed by atoms with Crippen LogP contribution in [0.3, 0.4) is 0 Å². The Kier molecular flexibility index (Phi) is 7.45. The molecule has 2 N–H and O–H groups in total. The first-order chi connectivity index (χ1) is 16.6. The van der Waals surface area contributed by atoms with E-state index in [1.54, 1.807) is 6.07 Å². The molecule has 35 heavy (non-hydrogen) atoms. The van der Waals surface area contributed by atoms with E-state index in [1.165, 1.54) is 11.1 Å². The van der Waals surface area contributed by atoms with Crippen molar-refractivity contribution < 1.29 is 9.59 Å². The summed E-state index contributed by atoms with van der Waals surface area (Å²) in [6.07, 6.45) is 3.04. The van der Waals surface area contributed by atoms with E-state index in [9.17, 15) is 9.59 Å². The lowest BCUT2D eigenvalue weighted by molar-refractivity contribution is -0.129. The van der Waals surface area contributed by atoms with E-state index in [1.807, 2.05) is 30.9 Å². The molecule has 0 aromatic heterocycles. The summed E-state index contributed by atoms with van der Waals surface area (Å²) < 4.78 is 0. The van der Waals surface area contributed by atoms with Crippen molar-refractivity contribution >= 4 is 34.8 Å². The molecule has 2 amide bonds. The Labute approximate surface area is 214 Å². The molecule has 7 heteroatoms. The van der Waals surface area contributed by atoms with E-state index in [0.717, 1.165) is 67.4 Å². The summed E-state index contributed by atoms with van der Waals surface area (Å²) in [5.74, 6) is -0.207. The van der Waals surface area contributed by atoms with Crippen molar-refractivity contribution in [2.45, 2.75) is 47.0 Å². The van der Waals surface area contributed by atoms with Crippen LogP contribution in [0.2, 0.25) is 0 Å². The molecule has 2 aromatic carbocycles. The number of nitrogens with one attached hydrogen (secondary N) is 2. The Hall–Kier alpha value is -2.93. The Bertz CT molecular complexity index is 1120. The topological polar surface area (TPSA) is 64.7 Å². The van der Waals surface area contributed by atoms with Crippen molar-refractivity contribution in [2.24, 2.45) is 5.41 Å². The van der Waals surface area contributed by atoms with Crippen molar-refractivity contribution in [1.82, 2.24) is 15.1 Å². The van der Waals surface area contributed by atoms with Gasteiger partial charge in [0, 0.05) is 37.4 Å². The van der Waals surface area contributed by atoms with Crippen LogP contribution in [0.1, 0.15) is 51.9 Å². The lowest BCUT2D eigenvalue weighted by Crippen LogP contribution is -2.46. The minimum absolute atomic E-state index is 0.00603. The van der Waals surface area contributed by atoms with Gasteiger partial charge in [0.05, 0.1) is 6.54 Å². The first-order valence-electron chi connectivity index (χ1n) is 12.4. The first-order valence-corrected chi connectivity index (χ1v) is 12.8. The lowest BCUT2D eigenvalue weighted by atomic mass is 9.78. The molecule has 1 spiro atoms. The monoisotopic (exact) mass is 492 g/mol. The maximum atomic E-state index is 12.8. The van der Waals surface area contributed by atoms with E-state index in [2.05, 4.69) is 47.6 Å². The molecule has 2 aliphatic rings. The van der Waals surface area contributed by atoms with Crippen molar-refractivity contribution in [3.63, 3.8) is 0 Å². The van der Waals surface area contributed by atoms with Gasteiger partial charge >= 0.3 is 0 Å². The van der Waals surface area contributed by atoms with Gasteiger partial charge in [0.25, 0.3) is 5.91 Å². The molecule has 0 radical (unpaired) electrons. The van der Waals surface area contributed by atoms with Gasteiger partial charge in [0.15, 0.2) is 5.11 Å². The predicted octanol–water partition coefficient (Wildman–Crippen LogP) is 4.36. The van der Waals surface area contributed by atoms with Crippen molar-refractivity contribution in [2.75, 3.05) is 38.0 Å². The summed E-state index contributed by atoms with van der Waals surface area (Å²) in [5.41, 5.74) is 6.43. The molecule has 0 atom stereocenters. The molecule has 4 rings (SSSR count). The third-order valence-electron chi connectivity index (χ3n) is 7.54. The highest BCUT2D eigenvalue weighted by molar-refractivity contribution is 7.80. The molecular formula is C28H36N4O2S. The van der Waals surface area contributed by atoms with Crippen molar-refractivity contribution in [1.29, 1.82) is 0 Å². The van der Waals surface area contributed by atoms with Gasteiger partial charge in [0.2, 0.25) is 5.91 Å². The molecule has 0 unspecified atom stereocenters. The van der Waals surface area contributed by atoms with Gasteiger partial charge in [-0.2, -0.15) is 0 Å². The summed E-state index contributed by atoms with van der Waals surface area (Å²) in [4.78, 5) is 29.5. The van der Waals surface area contributed by atoms with E-state index >= 15 is 0 Å². The number of benzene rings is 2. The van der Waals surface area contributed by atoms with E-state index in [-0.39, 0.29) is 23.8 Å². The summed E-state index contributed by atoms with van der Waals surface area (Å²) in [6, 6.07) is 12.0. The minimum atomic E-state index is -0.200. The number of thiocarbonyl (C=S) groups is 1. The van der Waals surface area contributed by atoms with Crippen LogP contribution < -0.4 is 10.6 Å². The number of likely N-dealkylation sites (tertiary alicyclic amines) is 2. The number of hydrogen-bond donors (Lipinski definition) is 2. The Morgan fingerprint density at radius 1 is 0.886 bits per heavy atom. The molecule has 2 aliphatic heterocycles. The van der Waals surface area contributed by atoms with Crippen LogP contribution in [-0.4, -0.2) is 59.5 Å². The fourth-order valence-corrected chi connectivity index (χ4v) is 5.54. The largest absolute Gasteiger partial charge is 0.349 e. The number of carbonyl (C=O) groups excluding carboxylic acids is 2. The number of carbonyl (C=O) groups is 2. The van der Waals surface area contributed by atoms with Crippen LogP contribution in [0.5, 0.6) is 0 Å². The van der Waals surface area contributed by atoms with Gasteiger partial charge < -0.3 is 20.4 Å². The van der Waals surface area contributed by atoms with E-state index in [4.69, 9.17) is 12.2 Å². The fourth-order valence-electron chi connectivity index (χ4n) is 5.24. The Balaban J connectivity index is 1.25. The SMILES string of the molecule is Cc1cc(C)cc(NC(=S)N2CCC3(CCN(C(=O)CNC(=O)c4ccc(C)c(C)c4)C3)CC2)c1. The van der Waals surface area contributed by atoms with E-state index < -0.39 is 0 Å². The molecule has 186 valence electrons. The summed E-state index contributed by atoms with van der Waals surface area (Å²) in [5, 5.41) is 6.97.